The highest BCUT2D eigenvalue weighted by Gasteiger charge is 2.07. The van der Waals surface area contributed by atoms with Crippen molar-refractivity contribution in [3.05, 3.63) is 23.2 Å². The minimum atomic E-state index is -0.677. The smallest absolute Gasteiger partial charge is 0.303 e. The number of unbranched alkanes of at least 4 members (excludes halogenated alkanes) is 8. The van der Waals surface area contributed by atoms with Gasteiger partial charge < -0.3 is 9.52 Å². The quantitative estimate of drug-likeness (QED) is 0.423. The molecule has 0 amide bonds. The number of carboxylic acids is 1. The largest absolute Gasteiger partial charge is 0.481 e. The molecule has 3 heteroatoms. The Balaban J connectivity index is 2.10. The SMILES string of the molecule is CCCCCCc1cc(C)c(CCCCCCCCC(=O)O)o1. The summed E-state index contributed by atoms with van der Waals surface area (Å²) in [4.78, 5) is 10.4. The molecule has 1 rings (SSSR count). The Labute approximate surface area is 141 Å². The van der Waals surface area contributed by atoms with Crippen molar-refractivity contribution in [2.45, 2.75) is 97.3 Å². The van der Waals surface area contributed by atoms with Crippen LogP contribution in [0, 0.1) is 6.92 Å². The molecule has 0 aromatic carbocycles. The third kappa shape index (κ3) is 9.47. The first-order chi connectivity index (χ1) is 11.1. The molecule has 0 aliphatic carbocycles. The summed E-state index contributed by atoms with van der Waals surface area (Å²) in [5, 5.41) is 8.58. The predicted molar refractivity (Wildman–Crippen MR) is 94.9 cm³/mol. The Bertz CT molecular complexity index is 434. The Hall–Kier alpha value is -1.25. The van der Waals surface area contributed by atoms with Gasteiger partial charge in [0.1, 0.15) is 11.5 Å². The molecule has 3 nitrogen and oxygen atoms in total. The molecule has 0 saturated heterocycles. The van der Waals surface area contributed by atoms with Gasteiger partial charge in [0.2, 0.25) is 0 Å². The van der Waals surface area contributed by atoms with E-state index in [1.807, 2.05) is 0 Å². The lowest BCUT2D eigenvalue weighted by atomic mass is 10.1. The normalized spacial score (nSPS) is 11.0. The zero-order valence-electron chi connectivity index (χ0n) is 15.0. The van der Waals surface area contributed by atoms with Crippen LogP contribution in [0.25, 0.3) is 0 Å². The van der Waals surface area contributed by atoms with E-state index in [-0.39, 0.29) is 0 Å². The van der Waals surface area contributed by atoms with Crippen molar-refractivity contribution in [1.29, 1.82) is 0 Å². The van der Waals surface area contributed by atoms with Crippen LogP contribution in [0.4, 0.5) is 0 Å². The van der Waals surface area contributed by atoms with Gasteiger partial charge in [0, 0.05) is 19.3 Å². The minimum Gasteiger partial charge on any atom is -0.481 e. The van der Waals surface area contributed by atoms with Gasteiger partial charge in [0.15, 0.2) is 0 Å². The molecule has 1 aromatic heterocycles. The maximum atomic E-state index is 10.4. The average Bonchev–Trinajstić information content (AvgIpc) is 2.86. The van der Waals surface area contributed by atoms with Crippen LogP contribution < -0.4 is 0 Å². The fraction of sp³-hybridized carbons (Fsp3) is 0.750. The fourth-order valence-corrected chi connectivity index (χ4v) is 2.96. The van der Waals surface area contributed by atoms with Crippen LogP contribution >= 0.6 is 0 Å². The highest BCUT2D eigenvalue weighted by molar-refractivity contribution is 5.66. The Morgan fingerprint density at radius 3 is 2.26 bits per heavy atom. The topological polar surface area (TPSA) is 50.4 Å². The number of hydrogen-bond donors (Lipinski definition) is 1. The van der Waals surface area contributed by atoms with Crippen LogP contribution in [0.15, 0.2) is 10.5 Å². The lowest BCUT2D eigenvalue weighted by molar-refractivity contribution is -0.137. The molecule has 0 radical (unpaired) electrons. The number of aliphatic carboxylic acids is 1. The summed E-state index contributed by atoms with van der Waals surface area (Å²) < 4.78 is 6.00. The summed E-state index contributed by atoms with van der Waals surface area (Å²) >= 11 is 0. The highest BCUT2D eigenvalue weighted by Crippen LogP contribution is 2.20. The van der Waals surface area contributed by atoms with Crippen molar-refractivity contribution in [3.63, 3.8) is 0 Å². The van der Waals surface area contributed by atoms with Crippen molar-refractivity contribution in [3.8, 4) is 0 Å². The molecule has 0 aliphatic rings. The van der Waals surface area contributed by atoms with E-state index in [1.165, 1.54) is 56.3 Å². The Kier molecular flexibility index (Phi) is 10.5. The van der Waals surface area contributed by atoms with E-state index in [9.17, 15) is 4.79 Å². The molecule has 1 aromatic rings. The maximum absolute atomic E-state index is 10.4. The molecule has 0 bridgehead atoms. The lowest BCUT2D eigenvalue weighted by Crippen LogP contribution is -1.93. The fourth-order valence-electron chi connectivity index (χ4n) is 2.96. The van der Waals surface area contributed by atoms with Gasteiger partial charge in [0.25, 0.3) is 0 Å². The van der Waals surface area contributed by atoms with E-state index < -0.39 is 5.97 Å². The molecule has 0 unspecified atom stereocenters. The molecule has 23 heavy (non-hydrogen) atoms. The summed E-state index contributed by atoms with van der Waals surface area (Å²) in [6.07, 6.45) is 14.1. The number of carboxylic acid groups (broad SMARTS) is 1. The molecular formula is C20H34O3. The van der Waals surface area contributed by atoms with E-state index in [0.29, 0.717) is 6.42 Å². The van der Waals surface area contributed by atoms with Gasteiger partial charge in [-0.2, -0.15) is 0 Å². The van der Waals surface area contributed by atoms with Crippen molar-refractivity contribution < 1.29 is 14.3 Å². The van der Waals surface area contributed by atoms with Gasteiger partial charge >= 0.3 is 5.97 Å². The molecule has 1 N–H and O–H groups in total. The Morgan fingerprint density at radius 2 is 1.57 bits per heavy atom. The zero-order valence-corrected chi connectivity index (χ0v) is 15.0. The van der Waals surface area contributed by atoms with Gasteiger partial charge in [-0.3, -0.25) is 4.79 Å². The molecule has 0 aliphatic heterocycles. The van der Waals surface area contributed by atoms with Gasteiger partial charge in [-0.05, 0) is 37.8 Å². The molecular weight excluding hydrogens is 288 g/mol. The van der Waals surface area contributed by atoms with Crippen LogP contribution in [0.3, 0.4) is 0 Å². The first kappa shape index (κ1) is 19.8. The summed E-state index contributed by atoms with van der Waals surface area (Å²) in [6, 6.07) is 2.22. The molecule has 0 saturated carbocycles. The number of carbonyl (C=O) groups is 1. The Morgan fingerprint density at radius 1 is 0.957 bits per heavy atom. The second-order valence-corrected chi connectivity index (χ2v) is 6.64. The molecule has 0 atom stereocenters. The van der Waals surface area contributed by atoms with Crippen LogP contribution in [0.2, 0.25) is 0 Å². The number of hydrogen-bond acceptors (Lipinski definition) is 2. The second-order valence-electron chi connectivity index (χ2n) is 6.64. The van der Waals surface area contributed by atoms with Crippen molar-refractivity contribution in [2.75, 3.05) is 0 Å². The van der Waals surface area contributed by atoms with Crippen molar-refractivity contribution in [1.82, 2.24) is 0 Å². The highest BCUT2D eigenvalue weighted by atomic mass is 16.4. The van der Waals surface area contributed by atoms with Gasteiger partial charge in [-0.15, -0.1) is 0 Å². The van der Waals surface area contributed by atoms with E-state index in [1.54, 1.807) is 0 Å². The number of aryl methyl sites for hydroxylation is 3. The number of rotatable bonds is 14. The standard InChI is InChI=1S/C20H34O3/c1-3-4-5-10-13-18-16-17(2)19(23-18)14-11-8-6-7-9-12-15-20(21)22/h16H,3-15H2,1-2H3,(H,21,22). The van der Waals surface area contributed by atoms with Gasteiger partial charge in [-0.25, -0.2) is 0 Å². The third-order valence-corrected chi connectivity index (χ3v) is 4.39. The molecule has 132 valence electrons. The van der Waals surface area contributed by atoms with Crippen LogP contribution in [0.1, 0.15) is 94.6 Å². The van der Waals surface area contributed by atoms with Crippen molar-refractivity contribution in [2.24, 2.45) is 0 Å². The minimum absolute atomic E-state index is 0.312. The van der Waals surface area contributed by atoms with Gasteiger partial charge in [-0.1, -0.05) is 51.9 Å². The first-order valence-electron chi connectivity index (χ1n) is 9.43. The summed E-state index contributed by atoms with van der Waals surface area (Å²) in [5.74, 6) is 1.65. The number of furan rings is 1. The monoisotopic (exact) mass is 322 g/mol. The molecule has 1 heterocycles. The zero-order chi connectivity index (χ0) is 16.9. The summed E-state index contributed by atoms with van der Waals surface area (Å²) in [5.41, 5.74) is 1.30. The van der Waals surface area contributed by atoms with Crippen LogP contribution in [0.5, 0.6) is 0 Å². The first-order valence-corrected chi connectivity index (χ1v) is 9.43. The van der Waals surface area contributed by atoms with E-state index in [0.717, 1.165) is 37.9 Å². The molecule has 0 spiro atoms. The summed E-state index contributed by atoms with van der Waals surface area (Å²) in [7, 11) is 0. The summed E-state index contributed by atoms with van der Waals surface area (Å²) in [6.45, 7) is 4.39. The molecule has 0 fully saturated rings. The van der Waals surface area contributed by atoms with E-state index in [2.05, 4.69) is 19.9 Å². The van der Waals surface area contributed by atoms with Crippen molar-refractivity contribution >= 4 is 5.97 Å². The van der Waals surface area contributed by atoms with E-state index >= 15 is 0 Å². The maximum Gasteiger partial charge on any atom is 0.303 e. The predicted octanol–water partition coefficient (Wildman–Crippen LogP) is 6.07. The third-order valence-electron chi connectivity index (χ3n) is 4.39. The lowest BCUT2D eigenvalue weighted by Gasteiger charge is -2.01. The average molecular weight is 322 g/mol. The second kappa shape index (κ2) is 12.2. The van der Waals surface area contributed by atoms with Gasteiger partial charge in [0.05, 0.1) is 0 Å². The van der Waals surface area contributed by atoms with Crippen LogP contribution in [-0.2, 0) is 17.6 Å². The van der Waals surface area contributed by atoms with Crippen LogP contribution in [-0.4, -0.2) is 11.1 Å². The van der Waals surface area contributed by atoms with E-state index in [4.69, 9.17) is 9.52 Å².